The third kappa shape index (κ3) is 2.59. The molecule has 1 aliphatic heterocycles. The Morgan fingerprint density at radius 2 is 2.05 bits per heavy atom. The number of fused-ring (bicyclic) bond motifs is 1. The average molecular weight is 323 g/mol. The van der Waals surface area contributed by atoms with Gasteiger partial charge >= 0.3 is 0 Å². The summed E-state index contributed by atoms with van der Waals surface area (Å²) in [6, 6.07) is 10.5. The summed E-state index contributed by atoms with van der Waals surface area (Å²) in [5.74, 6) is 1.16. The molecule has 0 aromatic heterocycles. The topological polar surface area (TPSA) is 35.5 Å². The number of carbonyl (C=O) groups excluding carboxylic acids is 1. The number of halogens is 2. The molecule has 0 N–H and O–H groups in total. The maximum atomic E-state index is 12.3. The maximum Gasteiger partial charge on any atom is 0.170 e. The molecule has 0 radical (unpaired) electrons. The highest BCUT2D eigenvalue weighted by Gasteiger charge is 2.29. The Labute approximate surface area is 132 Å². The minimum absolute atomic E-state index is 0.0138. The van der Waals surface area contributed by atoms with Gasteiger partial charge in [-0.25, -0.2) is 0 Å². The molecule has 0 amide bonds. The van der Waals surface area contributed by atoms with Crippen LogP contribution < -0.4 is 9.47 Å². The van der Waals surface area contributed by atoms with Crippen LogP contribution in [0.3, 0.4) is 0 Å². The molecule has 1 unspecified atom stereocenters. The third-order valence-corrected chi connectivity index (χ3v) is 4.29. The van der Waals surface area contributed by atoms with Gasteiger partial charge in [0.15, 0.2) is 5.78 Å². The van der Waals surface area contributed by atoms with Crippen molar-refractivity contribution >= 4 is 29.0 Å². The fourth-order valence-corrected chi connectivity index (χ4v) is 2.80. The Morgan fingerprint density at radius 1 is 1.24 bits per heavy atom. The van der Waals surface area contributed by atoms with Crippen LogP contribution in [0.1, 0.15) is 28.4 Å². The SMILES string of the molecule is COc1ccc2c(c1)OC(c1cccc(Cl)c1Cl)CC2=O. The highest BCUT2D eigenvalue weighted by Crippen LogP contribution is 2.40. The number of benzene rings is 2. The van der Waals surface area contributed by atoms with Crippen molar-refractivity contribution in [3.8, 4) is 11.5 Å². The monoisotopic (exact) mass is 322 g/mol. The van der Waals surface area contributed by atoms with Gasteiger partial charge < -0.3 is 9.47 Å². The third-order valence-electron chi connectivity index (χ3n) is 3.46. The van der Waals surface area contributed by atoms with Crippen molar-refractivity contribution in [3.05, 3.63) is 57.6 Å². The second-order valence-corrected chi connectivity index (χ2v) is 5.52. The van der Waals surface area contributed by atoms with E-state index < -0.39 is 6.10 Å². The molecule has 1 aliphatic rings. The van der Waals surface area contributed by atoms with Gasteiger partial charge in [-0.3, -0.25) is 4.79 Å². The van der Waals surface area contributed by atoms with Crippen LogP contribution in [0.15, 0.2) is 36.4 Å². The molecular weight excluding hydrogens is 311 g/mol. The van der Waals surface area contributed by atoms with Crippen LogP contribution in [-0.4, -0.2) is 12.9 Å². The number of rotatable bonds is 2. The summed E-state index contributed by atoms with van der Waals surface area (Å²) in [5.41, 5.74) is 1.27. The Bertz CT molecular complexity index is 713. The highest BCUT2D eigenvalue weighted by molar-refractivity contribution is 6.42. The number of hydrogen-bond donors (Lipinski definition) is 0. The molecule has 108 valence electrons. The van der Waals surface area contributed by atoms with Crippen LogP contribution in [0.5, 0.6) is 11.5 Å². The summed E-state index contributed by atoms with van der Waals surface area (Å²) in [5, 5.41) is 0.866. The second kappa shape index (κ2) is 5.58. The lowest BCUT2D eigenvalue weighted by atomic mass is 9.96. The molecule has 3 rings (SSSR count). The Morgan fingerprint density at radius 3 is 2.81 bits per heavy atom. The number of ether oxygens (including phenoxy) is 2. The van der Waals surface area contributed by atoms with E-state index in [1.807, 2.05) is 6.07 Å². The minimum atomic E-state index is -0.441. The molecule has 1 heterocycles. The molecule has 21 heavy (non-hydrogen) atoms. The van der Waals surface area contributed by atoms with Gasteiger partial charge in [-0.05, 0) is 18.2 Å². The smallest absolute Gasteiger partial charge is 0.170 e. The summed E-state index contributed by atoms with van der Waals surface area (Å²) in [6.07, 6.45) is -0.206. The van der Waals surface area contributed by atoms with Crippen molar-refractivity contribution < 1.29 is 14.3 Å². The van der Waals surface area contributed by atoms with E-state index in [4.69, 9.17) is 32.7 Å². The van der Waals surface area contributed by atoms with E-state index in [2.05, 4.69) is 0 Å². The predicted molar refractivity (Wildman–Crippen MR) is 81.8 cm³/mol. The molecule has 1 atom stereocenters. The van der Waals surface area contributed by atoms with E-state index in [0.29, 0.717) is 32.7 Å². The molecule has 0 bridgehead atoms. The summed E-state index contributed by atoms with van der Waals surface area (Å²) >= 11 is 12.2. The zero-order valence-corrected chi connectivity index (χ0v) is 12.7. The Hall–Kier alpha value is -1.71. The largest absolute Gasteiger partial charge is 0.497 e. The van der Waals surface area contributed by atoms with Crippen LogP contribution >= 0.6 is 23.2 Å². The van der Waals surface area contributed by atoms with Gasteiger partial charge in [0.25, 0.3) is 0 Å². The average Bonchev–Trinajstić information content (AvgIpc) is 2.49. The first-order valence-corrected chi connectivity index (χ1v) is 7.17. The van der Waals surface area contributed by atoms with Crippen LogP contribution in [-0.2, 0) is 0 Å². The van der Waals surface area contributed by atoms with Crippen molar-refractivity contribution in [2.24, 2.45) is 0 Å². The molecule has 0 spiro atoms. The summed E-state index contributed by atoms with van der Waals surface area (Å²) in [7, 11) is 1.57. The number of carbonyl (C=O) groups is 1. The van der Waals surface area contributed by atoms with Crippen molar-refractivity contribution in [2.75, 3.05) is 7.11 Å². The van der Waals surface area contributed by atoms with Gasteiger partial charge in [0.2, 0.25) is 0 Å². The first-order valence-electron chi connectivity index (χ1n) is 6.42. The Balaban J connectivity index is 2.01. The highest BCUT2D eigenvalue weighted by atomic mass is 35.5. The quantitative estimate of drug-likeness (QED) is 0.803. The van der Waals surface area contributed by atoms with E-state index in [9.17, 15) is 4.79 Å². The maximum absolute atomic E-state index is 12.3. The normalized spacial score (nSPS) is 17.1. The fraction of sp³-hybridized carbons (Fsp3) is 0.188. The van der Waals surface area contributed by atoms with Gasteiger partial charge in [-0.2, -0.15) is 0 Å². The lowest BCUT2D eigenvalue weighted by Crippen LogP contribution is -2.20. The van der Waals surface area contributed by atoms with Gasteiger partial charge in [-0.15, -0.1) is 0 Å². The molecule has 2 aromatic rings. The molecule has 5 heteroatoms. The number of hydrogen-bond acceptors (Lipinski definition) is 3. The van der Waals surface area contributed by atoms with E-state index in [-0.39, 0.29) is 12.2 Å². The van der Waals surface area contributed by atoms with E-state index in [1.54, 1.807) is 37.4 Å². The predicted octanol–water partition coefficient (Wildman–Crippen LogP) is 4.71. The van der Waals surface area contributed by atoms with Crippen LogP contribution in [0.2, 0.25) is 10.0 Å². The summed E-state index contributed by atoms with van der Waals surface area (Å²) in [6.45, 7) is 0. The van der Waals surface area contributed by atoms with Gasteiger partial charge in [0.05, 0.1) is 29.1 Å². The zero-order chi connectivity index (χ0) is 15.0. The molecule has 2 aromatic carbocycles. The fourth-order valence-electron chi connectivity index (χ4n) is 2.37. The lowest BCUT2D eigenvalue weighted by molar-refractivity contribution is 0.0849. The lowest BCUT2D eigenvalue weighted by Gasteiger charge is -2.26. The zero-order valence-electron chi connectivity index (χ0n) is 11.2. The second-order valence-electron chi connectivity index (χ2n) is 4.74. The molecule has 3 nitrogen and oxygen atoms in total. The number of methoxy groups -OCH3 is 1. The summed E-state index contributed by atoms with van der Waals surface area (Å²) in [4.78, 5) is 12.3. The van der Waals surface area contributed by atoms with E-state index >= 15 is 0 Å². The number of Topliss-reactive ketones (excluding diaryl/α,β-unsaturated/α-hetero) is 1. The first-order chi connectivity index (χ1) is 10.1. The summed E-state index contributed by atoms with van der Waals surface area (Å²) < 4.78 is 11.1. The van der Waals surface area contributed by atoms with Gasteiger partial charge in [0, 0.05) is 11.6 Å². The van der Waals surface area contributed by atoms with Crippen molar-refractivity contribution in [2.45, 2.75) is 12.5 Å². The minimum Gasteiger partial charge on any atom is -0.497 e. The van der Waals surface area contributed by atoms with Crippen LogP contribution in [0.25, 0.3) is 0 Å². The molecule has 0 aliphatic carbocycles. The molecular formula is C16H12Cl2O3. The standard InChI is InChI=1S/C16H12Cl2O3/c1-20-9-5-6-10-13(19)8-15(21-14(10)7-9)11-3-2-4-12(17)16(11)18/h2-7,15H,8H2,1H3. The van der Waals surface area contributed by atoms with E-state index in [1.165, 1.54) is 0 Å². The molecule has 0 saturated heterocycles. The van der Waals surface area contributed by atoms with Crippen molar-refractivity contribution in [1.82, 2.24) is 0 Å². The van der Waals surface area contributed by atoms with Crippen LogP contribution in [0, 0.1) is 0 Å². The molecule has 0 saturated carbocycles. The van der Waals surface area contributed by atoms with E-state index in [0.717, 1.165) is 0 Å². The van der Waals surface area contributed by atoms with Crippen molar-refractivity contribution in [3.63, 3.8) is 0 Å². The number of ketones is 1. The molecule has 0 fully saturated rings. The van der Waals surface area contributed by atoms with Gasteiger partial charge in [-0.1, -0.05) is 35.3 Å². The Kier molecular flexibility index (Phi) is 3.79. The van der Waals surface area contributed by atoms with Gasteiger partial charge in [0.1, 0.15) is 17.6 Å². The first kappa shape index (κ1) is 14.2. The van der Waals surface area contributed by atoms with Crippen molar-refractivity contribution in [1.29, 1.82) is 0 Å². The van der Waals surface area contributed by atoms with Crippen LogP contribution in [0.4, 0.5) is 0 Å².